The van der Waals surface area contributed by atoms with Gasteiger partial charge in [0, 0.05) is 11.2 Å². The molecule has 2 aromatic carbocycles. The van der Waals surface area contributed by atoms with Gasteiger partial charge in [-0.15, -0.1) is 11.3 Å². The number of carbonyl (C=O) groups excluding carboxylic acids is 1. The smallest absolute Gasteiger partial charge is 0.230 e. The van der Waals surface area contributed by atoms with Gasteiger partial charge in [0.25, 0.3) is 0 Å². The van der Waals surface area contributed by atoms with Gasteiger partial charge in [0.1, 0.15) is 22.9 Å². The lowest BCUT2D eigenvalue weighted by molar-refractivity contribution is -0.118. The van der Waals surface area contributed by atoms with Crippen molar-refractivity contribution >= 4 is 49.3 Å². The molecule has 4 aromatic rings. The van der Waals surface area contributed by atoms with Crippen LogP contribution in [0.3, 0.4) is 0 Å². The SMILES string of the molecule is COc1ccc(CNC(=O)CSc2ncnc3c2sc2cccc(F)c23)cc1. The van der Waals surface area contributed by atoms with E-state index >= 15 is 0 Å². The minimum Gasteiger partial charge on any atom is -0.497 e. The summed E-state index contributed by atoms with van der Waals surface area (Å²) in [4.78, 5) is 20.7. The Balaban J connectivity index is 1.44. The highest BCUT2D eigenvalue weighted by atomic mass is 32.2. The van der Waals surface area contributed by atoms with Gasteiger partial charge >= 0.3 is 0 Å². The van der Waals surface area contributed by atoms with Crippen molar-refractivity contribution in [3.05, 3.63) is 60.2 Å². The predicted molar refractivity (Wildman–Crippen MR) is 110 cm³/mol. The third-order valence-corrected chi connectivity index (χ3v) is 6.45. The molecular weight excluding hydrogens is 397 g/mol. The summed E-state index contributed by atoms with van der Waals surface area (Å²) in [5.74, 6) is 0.604. The fourth-order valence-electron chi connectivity index (χ4n) is 2.79. The Hall–Kier alpha value is -2.71. The first-order chi connectivity index (χ1) is 13.7. The first-order valence-electron chi connectivity index (χ1n) is 8.50. The van der Waals surface area contributed by atoms with E-state index in [-0.39, 0.29) is 17.5 Å². The predicted octanol–water partition coefficient (Wildman–Crippen LogP) is 4.40. The lowest BCUT2D eigenvalue weighted by Crippen LogP contribution is -2.24. The van der Waals surface area contributed by atoms with Crippen molar-refractivity contribution in [2.24, 2.45) is 0 Å². The highest BCUT2D eigenvalue weighted by molar-refractivity contribution is 8.00. The average molecular weight is 413 g/mol. The number of nitrogens with one attached hydrogen (secondary N) is 1. The Bertz CT molecular complexity index is 1150. The molecule has 1 amide bonds. The van der Waals surface area contributed by atoms with Crippen LogP contribution in [0, 0.1) is 5.82 Å². The molecule has 2 heterocycles. The van der Waals surface area contributed by atoms with Gasteiger partial charge in [0.05, 0.1) is 28.5 Å². The van der Waals surface area contributed by atoms with Crippen LogP contribution in [0.5, 0.6) is 5.75 Å². The van der Waals surface area contributed by atoms with E-state index in [1.165, 1.54) is 35.5 Å². The number of hydrogen-bond donors (Lipinski definition) is 1. The lowest BCUT2D eigenvalue weighted by atomic mass is 10.2. The summed E-state index contributed by atoms with van der Waals surface area (Å²) < 4.78 is 20.9. The van der Waals surface area contributed by atoms with Gasteiger partial charge in [-0.2, -0.15) is 0 Å². The first kappa shape index (κ1) is 18.6. The fourth-order valence-corrected chi connectivity index (χ4v) is 4.86. The van der Waals surface area contributed by atoms with Crippen molar-refractivity contribution in [3.8, 4) is 5.75 Å². The number of thioether (sulfide) groups is 1. The van der Waals surface area contributed by atoms with Crippen LogP contribution >= 0.6 is 23.1 Å². The van der Waals surface area contributed by atoms with Crippen molar-refractivity contribution < 1.29 is 13.9 Å². The lowest BCUT2D eigenvalue weighted by Gasteiger charge is -2.06. The van der Waals surface area contributed by atoms with E-state index in [9.17, 15) is 9.18 Å². The molecule has 8 heteroatoms. The minimum absolute atomic E-state index is 0.0973. The second-order valence-corrected chi connectivity index (χ2v) is 8.00. The summed E-state index contributed by atoms with van der Waals surface area (Å²) in [5.41, 5.74) is 1.58. The Kier molecular flexibility index (Phi) is 5.40. The van der Waals surface area contributed by atoms with Gasteiger partial charge < -0.3 is 10.1 Å². The van der Waals surface area contributed by atoms with Gasteiger partial charge in [-0.1, -0.05) is 30.0 Å². The Morgan fingerprint density at radius 2 is 2.04 bits per heavy atom. The summed E-state index contributed by atoms with van der Waals surface area (Å²) in [6, 6.07) is 12.5. The number of fused-ring (bicyclic) bond motifs is 3. The van der Waals surface area contributed by atoms with Gasteiger partial charge in [-0.3, -0.25) is 4.79 Å². The molecule has 0 saturated heterocycles. The van der Waals surface area contributed by atoms with E-state index in [0.717, 1.165) is 20.7 Å². The Labute approximate surface area is 169 Å². The molecule has 0 unspecified atom stereocenters. The van der Waals surface area contributed by atoms with Crippen molar-refractivity contribution in [2.75, 3.05) is 12.9 Å². The van der Waals surface area contributed by atoms with E-state index in [2.05, 4.69) is 15.3 Å². The van der Waals surface area contributed by atoms with Crippen LogP contribution < -0.4 is 10.1 Å². The van der Waals surface area contributed by atoms with Crippen molar-refractivity contribution in [1.29, 1.82) is 0 Å². The normalized spacial score (nSPS) is 11.1. The third kappa shape index (κ3) is 3.79. The zero-order chi connectivity index (χ0) is 19.5. The molecule has 0 fully saturated rings. The molecule has 4 rings (SSSR count). The molecule has 0 spiro atoms. The number of carbonyl (C=O) groups is 1. The van der Waals surface area contributed by atoms with Crippen LogP contribution in [0.2, 0.25) is 0 Å². The van der Waals surface area contributed by atoms with Crippen molar-refractivity contribution in [1.82, 2.24) is 15.3 Å². The number of benzene rings is 2. The molecule has 1 N–H and O–H groups in total. The highest BCUT2D eigenvalue weighted by Gasteiger charge is 2.15. The maximum Gasteiger partial charge on any atom is 0.230 e. The molecule has 0 aliphatic rings. The summed E-state index contributed by atoms with van der Waals surface area (Å²) in [6.07, 6.45) is 1.42. The largest absolute Gasteiger partial charge is 0.497 e. The van der Waals surface area contributed by atoms with Crippen LogP contribution in [-0.2, 0) is 11.3 Å². The maximum absolute atomic E-state index is 14.2. The molecule has 5 nitrogen and oxygen atoms in total. The molecule has 0 radical (unpaired) electrons. The van der Waals surface area contributed by atoms with Crippen LogP contribution in [0.15, 0.2) is 53.8 Å². The van der Waals surface area contributed by atoms with Crippen LogP contribution in [0.25, 0.3) is 20.3 Å². The van der Waals surface area contributed by atoms with E-state index < -0.39 is 0 Å². The van der Waals surface area contributed by atoms with E-state index in [1.54, 1.807) is 13.2 Å². The van der Waals surface area contributed by atoms with Crippen LogP contribution in [0.4, 0.5) is 4.39 Å². The van der Waals surface area contributed by atoms with E-state index in [0.29, 0.717) is 22.5 Å². The van der Waals surface area contributed by atoms with Crippen molar-refractivity contribution in [2.45, 2.75) is 11.6 Å². The summed E-state index contributed by atoms with van der Waals surface area (Å²) in [7, 11) is 1.61. The topological polar surface area (TPSA) is 64.1 Å². The van der Waals surface area contributed by atoms with Crippen molar-refractivity contribution in [3.63, 3.8) is 0 Å². The number of halogens is 1. The van der Waals surface area contributed by atoms with Crippen LogP contribution in [0.1, 0.15) is 5.56 Å². The number of amides is 1. The second-order valence-electron chi connectivity index (χ2n) is 5.99. The molecular formula is C20H16FN3O2S2. The van der Waals surface area contributed by atoms with Gasteiger partial charge in [0.15, 0.2) is 0 Å². The summed E-state index contributed by atoms with van der Waals surface area (Å²) in [6.45, 7) is 0.441. The number of aromatic nitrogens is 2. The number of hydrogen-bond acceptors (Lipinski definition) is 6. The summed E-state index contributed by atoms with van der Waals surface area (Å²) >= 11 is 2.76. The monoisotopic (exact) mass is 413 g/mol. The highest BCUT2D eigenvalue weighted by Crippen LogP contribution is 2.38. The zero-order valence-electron chi connectivity index (χ0n) is 14.9. The molecule has 2 aromatic heterocycles. The van der Waals surface area contributed by atoms with Gasteiger partial charge in [0.2, 0.25) is 5.91 Å². The number of methoxy groups -OCH3 is 1. The number of thiophene rings is 1. The summed E-state index contributed by atoms with van der Waals surface area (Å²) in [5, 5.41) is 4.09. The number of ether oxygens (including phenoxy) is 1. The Morgan fingerprint density at radius 1 is 1.21 bits per heavy atom. The fraction of sp³-hybridized carbons (Fsp3) is 0.150. The Morgan fingerprint density at radius 3 is 2.82 bits per heavy atom. The zero-order valence-corrected chi connectivity index (χ0v) is 16.6. The molecule has 0 aliphatic carbocycles. The molecule has 0 bridgehead atoms. The minimum atomic E-state index is -0.296. The van der Waals surface area contributed by atoms with Crippen LogP contribution in [-0.4, -0.2) is 28.7 Å². The quantitative estimate of drug-likeness (QED) is 0.375. The second kappa shape index (κ2) is 8.12. The maximum atomic E-state index is 14.2. The van der Waals surface area contributed by atoms with Gasteiger partial charge in [-0.25, -0.2) is 14.4 Å². The number of nitrogens with zero attached hydrogens (tertiary/aromatic N) is 2. The van der Waals surface area contributed by atoms with E-state index in [4.69, 9.17) is 4.74 Å². The molecule has 28 heavy (non-hydrogen) atoms. The molecule has 0 atom stereocenters. The molecule has 142 valence electrons. The molecule has 0 aliphatic heterocycles. The third-order valence-electron chi connectivity index (χ3n) is 4.18. The first-order valence-corrected chi connectivity index (χ1v) is 10.3. The number of rotatable bonds is 6. The van der Waals surface area contributed by atoms with E-state index in [1.807, 2.05) is 30.3 Å². The average Bonchev–Trinajstić information content (AvgIpc) is 3.11. The molecule has 0 saturated carbocycles. The standard InChI is InChI=1S/C20H16FN3O2S2/c1-26-13-7-5-12(6-8-13)9-22-16(25)10-27-20-19-18(23-11-24-20)17-14(21)3-2-4-15(17)28-19/h2-8,11H,9-10H2,1H3,(H,22,25). The van der Waals surface area contributed by atoms with Gasteiger partial charge in [-0.05, 0) is 29.8 Å².